The zero-order valence-corrected chi connectivity index (χ0v) is 17.1. The highest BCUT2D eigenvalue weighted by molar-refractivity contribution is 7.17. The van der Waals surface area contributed by atoms with Crippen LogP contribution in [0.25, 0.3) is 21.3 Å². The van der Waals surface area contributed by atoms with Crippen LogP contribution >= 0.6 is 11.3 Å². The first kappa shape index (κ1) is 20.0. The van der Waals surface area contributed by atoms with Crippen LogP contribution in [-0.2, 0) is 16.0 Å². The molecule has 148 valence electrons. The van der Waals surface area contributed by atoms with Crippen molar-refractivity contribution in [2.24, 2.45) is 5.73 Å². The number of methoxy groups -OCH3 is 2. The molecule has 1 amide bonds. The second-order valence-electron chi connectivity index (χ2n) is 6.54. The fourth-order valence-electron chi connectivity index (χ4n) is 3.20. The Hall–Kier alpha value is -2.71. The summed E-state index contributed by atoms with van der Waals surface area (Å²) in [5, 5.41) is 2.41. The monoisotopic (exact) mass is 401 g/mol. The Labute approximate surface area is 166 Å². The third-order valence-electron chi connectivity index (χ3n) is 4.75. The van der Waals surface area contributed by atoms with Crippen molar-refractivity contribution in [3.63, 3.8) is 0 Å². The van der Waals surface area contributed by atoms with E-state index in [1.165, 1.54) is 15.9 Å². The number of amides is 1. The van der Waals surface area contributed by atoms with Crippen molar-refractivity contribution in [2.75, 3.05) is 20.8 Å². The Morgan fingerprint density at radius 2 is 2.11 bits per heavy atom. The first-order valence-electron chi connectivity index (χ1n) is 8.84. The smallest absolute Gasteiger partial charge is 0.263 e. The molecular weight excluding hydrogens is 378 g/mol. The summed E-state index contributed by atoms with van der Waals surface area (Å²) in [7, 11) is 3.20. The summed E-state index contributed by atoms with van der Waals surface area (Å²) in [6.45, 7) is 3.95. The minimum absolute atomic E-state index is 0.271. The molecule has 1 unspecified atom stereocenters. The quantitative estimate of drug-likeness (QED) is 0.657. The third kappa shape index (κ3) is 3.53. The molecule has 2 heterocycles. The first-order chi connectivity index (χ1) is 13.4. The number of carbonyl (C=O) groups excluding carboxylic acids is 1. The minimum atomic E-state index is -0.804. The number of ether oxygens (including phenoxy) is 2. The molecule has 2 N–H and O–H groups in total. The van der Waals surface area contributed by atoms with Gasteiger partial charge in [-0.1, -0.05) is 6.07 Å². The maximum Gasteiger partial charge on any atom is 0.263 e. The second kappa shape index (κ2) is 8.12. The van der Waals surface area contributed by atoms with E-state index in [0.29, 0.717) is 29.1 Å². The van der Waals surface area contributed by atoms with Crippen molar-refractivity contribution in [1.82, 2.24) is 9.55 Å². The molecule has 0 fully saturated rings. The van der Waals surface area contributed by atoms with Gasteiger partial charge in [0.2, 0.25) is 5.91 Å². The minimum Gasteiger partial charge on any atom is -0.496 e. The van der Waals surface area contributed by atoms with Gasteiger partial charge in [-0.3, -0.25) is 14.2 Å². The van der Waals surface area contributed by atoms with E-state index in [9.17, 15) is 9.59 Å². The molecule has 0 aliphatic rings. The molecule has 0 saturated heterocycles. The van der Waals surface area contributed by atoms with Crippen molar-refractivity contribution in [3.05, 3.63) is 45.3 Å². The molecule has 2 aromatic heterocycles. The molecule has 0 bridgehead atoms. The van der Waals surface area contributed by atoms with Crippen LogP contribution in [0.5, 0.6) is 5.75 Å². The van der Waals surface area contributed by atoms with Gasteiger partial charge in [0.1, 0.15) is 22.4 Å². The Morgan fingerprint density at radius 1 is 1.36 bits per heavy atom. The topological polar surface area (TPSA) is 96.4 Å². The Bertz CT molecular complexity index is 1090. The number of fused-ring (bicyclic) bond motifs is 1. The molecule has 0 aliphatic carbocycles. The normalized spacial score (nSPS) is 12.3. The number of nitrogens with two attached hydrogens (primary N) is 1. The van der Waals surface area contributed by atoms with Crippen molar-refractivity contribution in [2.45, 2.75) is 26.3 Å². The number of carbonyl (C=O) groups is 1. The third-order valence-corrected chi connectivity index (χ3v) is 5.62. The van der Waals surface area contributed by atoms with Gasteiger partial charge in [-0.2, -0.15) is 0 Å². The largest absolute Gasteiger partial charge is 0.496 e. The molecule has 1 atom stereocenters. The Morgan fingerprint density at radius 3 is 2.71 bits per heavy atom. The van der Waals surface area contributed by atoms with E-state index in [2.05, 4.69) is 4.98 Å². The molecule has 7 nitrogen and oxygen atoms in total. The average molecular weight is 401 g/mol. The fraction of sp³-hybridized carbons (Fsp3) is 0.350. The molecule has 0 spiro atoms. The second-order valence-corrected chi connectivity index (χ2v) is 7.40. The number of aromatic nitrogens is 2. The number of rotatable bonds is 7. The van der Waals surface area contributed by atoms with Crippen LogP contribution in [0.1, 0.15) is 24.4 Å². The number of aryl methyl sites for hydroxylation is 1. The maximum atomic E-state index is 13.4. The fourth-order valence-corrected chi connectivity index (χ4v) is 4.16. The lowest BCUT2D eigenvalue weighted by Crippen LogP contribution is -2.35. The molecular formula is C20H23N3O4S. The highest BCUT2D eigenvalue weighted by Crippen LogP contribution is 2.33. The lowest BCUT2D eigenvalue weighted by atomic mass is 10.0. The number of hydrogen-bond acceptors (Lipinski definition) is 6. The molecule has 0 saturated carbocycles. The van der Waals surface area contributed by atoms with Crippen LogP contribution in [0.15, 0.2) is 28.4 Å². The van der Waals surface area contributed by atoms with Crippen molar-refractivity contribution in [3.8, 4) is 16.9 Å². The van der Waals surface area contributed by atoms with Gasteiger partial charge in [0.25, 0.3) is 5.56 Å². The standard InChI is InChI=1S/C20H23N3O4S/c1-11-9-13(5-6-15(11)27-4)14-10-28-19-17(14)20(25)23(12(2)18(21)24)16(22-19)7-8-26-3/h5-6,9-10,12H,7-8H2,1-4H3,(H2,21,24). The van der Waals surface area contributed by atoms with E-state index in [0.717, 1.165) is 22.4 Å². The van der Waals surface area contributed by atoms with E-state index in [1.807, 2.05) is 30.5 Å². The molecule has 28 heavy (non-hydrogen) atoms. The first-order valence-corrected chi connectivity index (χ1v) is 9.72. The lowest BCUT2D eigenvalue weighted by Gasteiger charge is -2.17. The van der Waals surface area contributed by atoms with E-state index < -0.39 is 11.9 Å². The van der Waals surface area contributed by atoms with E-state index in [-0.39, 0.29) is 5.56 Å². The van der Waals surface area contributed by atoms with Crippen molar-refractivity contribution in [1.29, 1.82) is 0 Å². The van der Waals surface area contributed by atoms with Gasteiger partial charge in [-0.15, -0.1) is 11.3 Å². The van der Waals surface area contributed by atoms with Gasteiger partial charge in [-0.05, 0) is 37.1 Å². The van der Waals surface area contributed by atoms with Crippen LogP contribution in [0, 0.1) is 6.92 Å². The van der Waals surface area contributed by atoms with Crippen LogP contribution in [0.2, 0.25) is 0 Å². The van der Waals surface area contributed by atoms with Gasteiger partial charge in [0.15, 0.2) is 0 Å². The number of primary amides is 1. The Kier molecular flexibility index (Phi) is 5.81. The van der Waals surface area contributed by atoms with Gasteiger partial charge in [0.05, 0.1) is 19.1 Å². The summed E-state index contributed by atoms with van der Waals surface area (Å²) in [4.78, 5) is 30.5. The maximum absolute atomic E-state index is 13.4. The zero-order valence-electron chi connectivity index (χ0n) is 16.3. The van der Waals surface area contributed by atoms with Gasteiger partial charge in [-0.25, -0.2) is 4.98 Å². The van der Waals surface area contributed by atoms with Gasteiger partial charge < -0.3 is 15.2 Å². The average Bonchev–Trinajstić information content (AvgIpc) is 3.10. The summed E-state index contributed by atoms with van der Waals surface area (Å²) in [6.07, 6.45) is 0.411. The Balaban J connectivity index is 2.25. The van der Waals surface area contributed by atoms with E-state index in [1.54, 1.807) is 21.1 Å². The SMILES string of the molecule is COCCc1nc2scc(-c3ccc(OC)c(C)c3)c2c(=O)n1C(C)C(N)=O. The lowest BCUT2D eigenvalue weighted by molar-refractivity contribution is -0.120. The van der Waals surface area contributed by atoms with E-state index in [4.69, 9.17) is 15.2 Å². The van der Waals surface area contributed by atoms with E-state index >= 15 is 0 Å². The summed E-state index contributed by atoms with van der Waals surface area (Å²) in [6, 6.07) is 4.95. The highest BCUT2D eigenvalue weighted by Gasteiger charge is 2.22. The number of thiophene rings is 1. The highest BCUT2D eigenvalue weighted by atomic mass is 32.1. The molecule has 0 aliphatic heterocycles. The summed E-state index contributed by atoms with van der Waals surface area (Å²) >= 11 is 1.40. The molecule has 0 radical (unpaired) electrons. The molecule has 8 heteroatoms. The van der Waals surface area contributed by atoms with Crippen molar-refractivity contribution < 1.29 is 14.3 Å². The predicted octanol–water partition coefficient (Wildman–Crippen LogP) is 2.68. The number of nitrogens with zero attached hydrogens (tertiary/aromatic N) is 2. The number of benzene rings is 1. The summed E-state index contributed by atoms with van der Waals surface area (Å²) in [5.41, 5.74) is 7.86. The summed E-state index contributed by atoms with van der Waals surface area (Å²) in [5.74, 6) is 0.687. The number of hydrogen-bond donors (Lipinski definition) is 1. The molecule has 1 aromatic carbocycles. The van der Waals surface area contributed by atoms with Crippen LogP contribution in [-0.4, -0.2) is 36.3 Å². The van der Waals surface area contributed by atoms with Gasteiger partial charge in [0, 0.05) is 24.5 Å². The van der Waals surface area contributed by atoms with Crippen LogP contribution < -0.4 is 16.0 Å². The summed E-state index contributed by atoms with van der Waals surface area (Å²) < 4.78 is 11.8. The van der Waals surface area contributed by atoms with Crippen molar-refractivity contribution >= 4 is 27.5 Å². The van der Waals surface area contributed by atoms with Crippen LogP contribution in [0.3, 0.4) is 0 Å². The zero-order chi connectivity index (χ0) is 20.4. The predicted molar refractivity (Wildman–Crippen MR) is 110 cm³/mol. The van der Waals surface area contributed by atoms with Gasteiger partial charge >= 0.3 is 0 Å². The van der Waals surface area contributed by atoms with Crippen LogP contribution in [0.4, 0.5) is 0 Å². The molecule has 3 aromatic rings. The molecule has 3 rings (SSSR count).